The molecule has 52 valence electrons. The standard InChI is InChI=1S/C5H11N3O/c6-3-1-4(5(7)9)8-2-3/h3-4,8H,1-2,6H2,(H2,7,9)/t3-,4?/m0/s1. The molecule has 1 unspecified atom stereocenters. The fourth-order valence-electron chi connectivity index (χ4n) is 0.980. The number of hydrogen-bond donors (Lipinski definition) is 3. The lowest BCUT2D eigenvalue weighted by atomic mass is 10.2. The Labute approximate surface area is 53.6 Å². The number of primary amides is 1. The molecule has 1 fully saturated rings. The Morgan fingerprint density at radius 3 is 2.56 bits per heavy atom. The zero-order chi connectivity index (χ0) is 6.85. The Morgan fingerprint density at radius 1 is 1.67 bits per heavy atom. The van der Waals surface area contributed by atoms with Gasteiger partial charge in [-0.05, 0) is 6.42 Å². The van der Waals surface area contributed by atoms with Gasteiger partial charge in [0.15, 0.2) is 0 Å². The Morgan fingerprint density at radius 2 is 2.33 bits per heavy atom. The lowest BCUT2D eigenvalue weighted by Gasteiger charge is -2.01. The molecule has 1 aliphatic heterocycles. The van der Waals surface area contributed by atoms with E-state index in [1.165, 1.54) is 0 Å². The molecule has 0 saturated carbocycles. The van der Waals surface area contributed by atoms with Crippen LogP contribution in [-0.4, -0.2) is 24.5 Å². The summed E-state index contributed by atoms with van der Waals surface area (Å²) in [5, 5.41) is 2.91. The zero-order valence-electron chi connectivity index (χ0n) is 5.13. The second-order valence-corrected chi connectivity index (χ2v) is 2.36. The third-order valence-corrected chi connectivity index (χ3v) is 1.51. The van der Waals surface area contributed by atoms with Crippen molar-refractivity contribution < 1.29 is 4.79 Å². The van der Waals surface area contributed by atoms with Crippen LogP contribution in [0.3, 0.4) is 0 Å². The van der Waals surface area contributed by atoms with Crippen molar-refractivity contribution in [2.75, 3.05) is 6.54 Å². The van der Waals surface area contributed by atoms with Crippen LogP contribution in [0, 0.1) is 0 Å². The summed E-state index contributed by atoms with van der Waals surface area (Å²) in [4.78, 5) is 10.5. The maximum atomic E-state index is 10.5. The summed E-state index contributed by atoms with van der Waals surface area (Å²) in [5.41, 5.74) is 10.5. The van der Waals surface area contributed by atoms with Crippen molar-refractivity contribution in [3.63, 3.8) is 0 Å². The summed E-state index contributed by atoms with van der Waals surface area (Å²) in [7, 11) is 0. The van der Waals surface area contributed by atoms with Gasteiger partial charge in [-0.3, -0.25) is 4.79 Å². The summed E-state index contributed by atoms with van der Waals surface area (Å²) in [5.74, 6) is -0.303. The molecule has 1 saturated heterocycles. The molecule has 0 aromatic heterocycles. The van der Waals surface area contributed by atoms with Crippen LogP contribution in [0.5, 0.6) is 0 Å². The number of nitrogens with two attached hydrogens (primary N) is 2. The third kappa shape index (κ3) is 1.40. The number of rotatable bonds is 1. The normalized spacial score (nSPS) is 34.8. The summed E-state index contributed by atoms with van der Waals surface area (Å²) in [6.07, 6.45) is 0.676. The number of amides is 1. The predicted octanol–water partition coefficient (Wildman–Crippen LogP) is -1.84. The smallest absolute Gasteiger partial charge is 0.234 e. The van der Waals surface area contributed by atoms with E-state index in [0.29, 0.717) is 13.0 Å². The lowest BCUT2D eigenvalue weighted by molar-refractivity contribution is -0.119. The maximum absolute atomic E-state index is 10.5. The van der Waals surface area contributed by atoms with E-state index in [1.54, 1.807) is 0 Å². The minimum Gasteiger partial charge on any atom is -0.368 e. The highest BCUT2D eigenvalue weighted by molar-refractivity contribution is 5.80. The molecule has 0 aromatic carbocycles. The van der Waals surface area contributed by atoms with Gasteiger partial charge in [-0.25, -0.2) is 0 Å². The van der Waals surface area contributed by atoms with Crippen molar-refractivity contribution >= 4 is 5.91 Å². The summed E-state index contributed by atoms with van der Waals surface area (Å²) in [6, 6.07) is -0.0949. The largest absolute Gasteiger partial charge is 0.368 e. The molecule has 0 spiro atoms. The van der Waals surface area contributed by atoms with E-state index in [4.69, 9.17) is 11.5 Å². The van der Waals surface area contributed by atoms with Gasteiger partial charge in [-0.1, -0.05) is 0 Å². The van der Waals surface area contributed by atoms with Gasteiger partial charge in [0.05, 0.1) is 6.04 Å². The van der Waals surface area contributed by atoms with Crippen molar-refractivity contribution in [1.82, 2.24) is 5.32 Å². The van der Waals surface area contributed by atoms with E-state index in [9.17, 15) is 4.79 Å². The van der Waals surface area contributed by atoms with Crippen LogP contribution in [0.4, 0.5) is 0 Å². The zero-order valence-corrected chi connectivity index (χ0v) is 5.13. The monoisotopic (exact) mass is 129 g/mol. The molecule has 0 aromatic rings. The first-order valence-electron chi connectivity index (χ1n) is 2.98. The van der Waals surface area contributed by atoms with Crippen LogP contribution in [0.25, 0.3) is 0 Å². The summed E-state index contributed by atoms with van der Waals surface area (Å²) >= 11 is 0. The van der Waals surface area contributed by atoms with Crippen molar-refractivity contribution in [2.45, 2.75) is 18.5 Å². The van der Waals surface area contributed by atoms with Gasteiger partial charge in [-0.2, -0.15) is 0 Å². The molecular weight excluding hydrogens is 118 g/mol. The first-order valence-corrected chi connectivity index (χ1v) is 2.98. The van der Waals surface area contributed by atoms with Crippen LogP contribution in [-0.2, 0) is 4.79 Å². The van der Waals surface area contributed by atoms with E-state index >= 15 is 0 Å². The third-order valence-electron chi connectivity index (χ3n) is 1.51. The molecule has 0 aliphatic carbocycles. The van der Waals surface area contributed by atoms with Crippen molar-refractivity contribution in [1.29, 1.82) is 0 Å². The first-order chi connectivity index (χ1) is 4.20. The number of hydrogen-bond acceptors (Lipinski definition) is 3. The highest BCUT2D eigenvalue weighted by Crippen LogP contribution is 2.02. The Balaban J connectivity index is 2.39. The predicted molar refractivity (Wildman–Crippen MR) is 33.6 cm³/mol. The Hall–Kier alpha value is -0.610. The molecule has 1 aliphatic rings. The molecule has 0 radical (unpaired) electrons. The average Bonchev–Trinajstić information content (AvgIpc) is 2.14. The van der Waals surface area contributed by atoms with Crippen molar-refractivity contribution in [3.8, 4) is 0 Å². The molecule has 9 heavy (non-hydrogen) atoms. The molecular formula is C5H11N3O. The van der Waals surface area contributed by atoms with Gasteiger partial charge < -0.3 is 16.8 Å². The number of carbonyl (C=O) groups is 1. The Kier molecular flexibility index (Phi) is 1.68. The van der Waals surface area contributed by atoms with E-state index in [1.807, 2.05) is 0 Å². The van der Waals surface area contributed by atoms with Crippen LogP contribution in [0.1, 0.15) is 6.42 Å². The van der Waals surface area contributed by atoms with Gasteiger partial charge in [0.25, 0.3) is 0 Å². The minimum absolute atomic E-state index is 0.0995. The van der Waals surface area contributed by atoms with Gasteiger partial charge in [0.1, 0.15) is 0 Å². The molecule has 1 heterocycles. The second kappa shape index (κ2) is 2.33. The maximum Gasteiger partial charge on any atom is 0.234 e. The van der Waals surface area contributed by atoms with E-state index in [-0.39, 0.29) is 18.0 Å². The molecule has 1 rings (SSSR count). The molecule has 0 bridgehead atoms. The number of carbonyl (C=O) groups excluding carboxylic acids is 1. The summed E-state index contributed by atoms with van der Waals surface area (Å²) < 4.78 is 0. The first kappa shape index (κ1) is 6.51. The van der Waals surface area contributed by atoms with Gasteiger partial charge in [-0.15, -0.1) is 0 Å². The fraction of sp³-hybridized carbons (Fsp3) is 0.800. The van der Waals surface area contributed by atoms with E-state index in [2.05, 4.69) is 5.32 Å². The van der Waals surface area contributed by atoms with E-state index < -0.39 is 0 Å². The molecule has 4 nitrogen and oxygen atoms in total. The van der Waals surface area contributed by atoms with E-state index in [0.717, 1.165) is 0 Å². The summed E-state index contributed by atoms with van der Waals surface area (Å²) in [6.45, 7) is 0.702. The fourth-order valence-corrected chi connectivity index (χ4v) is 0.980. The van der Waals surface area contributed by atoms with Crippen LogP contribution >= 0.6 is 0 Å². The molecule has 5 N–H and O–H groups in total. The second-order valence-electron chi connectivity index (χ2n) is 2.36. The van der Waals surface area contributed by atoms with Gasteiger partial charge in [0.2, 0.25) is 5.91 Å². The van der Waals surface area contributed by atoms with Crippen molar-refractivity contribution in [3.05, 3.63) is 0 Å². The van der Waals surface area contributed by atoms with Crippen LogP contribution in [0.2, 0.25) is 0 Å². The highest BCUT2D eigenvalue weighted by atomic mass is 16.1. The SMILES string of the molecule is NC(=O)C1C[C@H](N)CN1. The van der Waals surface area contributed by atoms with Gasteiger partial charge >= 0.3 is 0 Å². The quantitative estimate of drug-likeness (QED) is 0.389. The lowest BCUT2D eigenvalue weighted by Crippen LogP contribution is -2.36. The van der Waals surface area contributed by atoms with Crippen LogP contribution < -0.4 is 16.8 Å². The average molecular weight is 129 g/mol. The van der Waals surface area contributed by atoms with Gasteiger partial charge in [0, 0.05) is 12.6 Å². The topological polar surface area (TPSA) is 81.1 Å². The van der Waals surface area contributed by atoms with Crippen LogP contribution in [0.15, 0.2) is 0 Å². The highest BCUT2D eigenvalue weighted by Gasteiger charge is 2.24. The minimum atomic E-state index is -0.303. The molecule has 2 atom stereocenters. The Bertz CT molecular complexity index is 125. The molecule has 1 amide bonds. The molecule has 4 heteroatoms. The number of nitrogens with one attached hydrogen (secondary N) is 1. The van der Waals surface area contributed by atoms with Crippen molar-refractivity contribution in [2.24, 2.45) is 11.5 Å².